The largest absolute Gasteiger partial charge is 0.497 e. The molecule has 1 atom stereocenters. The zero-order chi connectivity index (χ0) is 24.2. The Hall–Kier alpha value is -2.84. The van der Waals surface area contributed by atoms with E-state index in [9.17, 15) is 0 Å². The van der Waals surface area contributed by atoms with Crippen LogP contribution in [0.3, 0.4) is 0 Å². The second-order valence-corrected chi connectivity index (χ2v) is 9.91. The van der Waals surface area contributed by atoms with Gasteiger partial charge in [-0.25, -0.2) is 0 Å². The number of methoxy groups -OCH3 is 1. The number of benzene rings is 2. The van der Waals surface area contributed by atoms with Crippen molar-refractivity contribution in [2.24, 2.45) is 5.92 Å². The van der Waals surface area contributed by atoms with Gasteiger partial charge in [-0.1, -0.05) is 43.3 Å². The van der Waals surface area contributed by atoms with Gasteiger partial charge in [0.25, 0.3) is 5.89 Å². The lowest BCUT2D eigenvalue weighted by molar-refractivity contribution is 0.390. The lowest BCUT2D eigenvalue weighted by Crippen LogP contribution is -2.46. The number of thiocarbonyl (C=S) groups is 1. The predicted octanol–water partition coefficient (Wildman–Crippen LogP) is 6.18. The molecule has 0 spiro atoms. The van der Waals surface area contributed by atoms with Gasteiger partial charge in [0.2, 0.25) is 5.82 Å². The van der Waals surface area contributed by atoms with E-state index in [1.807, 2.05) is 24.3 Å². The zero-order valence-corrected chi connectivity index (χ0v) is 21.8. The maximum atomic E-state index is 5.83. The number of nitrogens with zero attached hydrogens (tertiary/aromatic N) is 3. The number of hydrogen-bond acceptors (Lipinski definition) is 6. The normalized spacial score (nSPS) is 16.2. The fraction of sp³-hybridized carbons (Fsp3) is 0.346. The highest BCUT2D eigenvalue weighted by molar-refractivity contribution is 7.98. The Morgan fingerprint density at radius 2 is 1.97 bits per heavy atom. The molecule has 34 heavy (non-hydrogen) atoms. The van der Waals surface area contributed by atoms with Gasteiger partial charge in [0.1, 0.15) is 5.75 Å². The number of nitrogens with one attached hydrogen (secondary N) is 1. The van der Waals surface area contributed by atoms with Gasteiger partial charge in [0.05, 0.1) is 18.7 Å². The summed E-state index contributed by atoms with van der Waals surface area (Å²) in [5.74, 6) is 2.32. The fourth-order valence-corrected chi connectivity index (χ4v) is 4.73. The predicted molar refractivity (Wildman–Crippen MR) is 142 cm³/mol. The molecule has 8 heteroatoms. The minimum absolute atomic E-state index is 0.183. The number of hydrogen-bond donors (Lipinski definition) is 1. The van der Waals surface area contributed by atoms with Gasteiger partial charge < -0.3 is 19.5 Å². The smallest absolute Gasteiger partial charge is 0.258 e. The molecule has 1 aromatic heterocycles. The van der Waals surface area contributed by atoms with Crippen LogP contribution in [0.1, 0.15) is 44.7 Å². The van der Waals surface area contributed by atoms with Gasteiger partial charge >= 0.3 is 0 Å². The first-order valence-electron chi connectivity index (χ1n) is 11.3. The van der Waals surface area contributed by atoms with Gasteiger partial charge in [-0.2, -0.15) is 4.98 Å². The lowest BCUT2D eigenvalue weighted by atomic mass is 9.94. The van der Waals surface area contributed by atoms with E-state index < -0.39 is 0 Å². The van der Waals surface area contributed by atoms with Gasteiger partial charge in [-0.3, -0.25) is 0 Å². The molecule has 0 saturated carbocycles. The topological polar surface area (TPSA) is 63.4 Å². The summed E-state index contributed by atoms with van der Waals surface area (Å²) >= 11 is 7.51. The molecule has 0 amide bonds. The first kappa shape index (κ1) is 24.3. The van der Waals surface area contributed by atoms with Crippen molar-refractivity contribution in [3.63, 3.8) is 0 Å². The minimum atomic E-state index is -0.183. The minimum Gasteiger partial charge on any atom is -0.497 e. The Morgan fingerprint density at radius 3 is 2.65 bits per heavy atom. The number of ether oxygens (including phenoxy) is 1. The van der Waals surface area contributed by atoms with Crippen molar-refractivity contribution in [1.82, 2.24) is 20.4 Å². The van der Waals surface area contributed by atoms with E-state index in [4.69, 9.17) is 26.5 Å². The highest BCUT2D eigenvalue weighted by Crippen LogP contribution is 2.38. The van der Waals surface area contributed by atoms with E-state index >= 15 is 0 Å². The van der Waals surface area contributed by atoms with Gasteiger partial charge in [0, 0.05) is 22.7 Å². The van der Waals surface area contributed by atoms with Crippen molar-refractivity contribution in [2.45, 2.75) is 38.1 Å². The Kier molecular flexibility index (Phi) is 7.58. The quantitative estimate of drug-likeness (QED) is 0.294. The second kappa shape index (κ2) is 10.6. The Labute approximate surface area is 210 Å². The van der Waals surface area contributed by atoms with Crippen molar-refractivity contribution in [1.29, 1.82) is 0 Å². The van der Waals surface area contributed by atoms with Crippen LogP contribution in [0, 0.1) is 5.92 Å². The maximum absolute atomic E-state index is 5.83. The number of aromatic nitrogens is 2. The lowest BCUT2D eigenvalue weighted by Gasteiger charge is -2.37. The molecule has 6 nitrogen and oxygen atoms in total. The van der Waals surface area contributed by atoms with Crippen molar-refractivity contribution in [3.8, 4) is 17.1 Å². The van der Waals surface area contributed by atoms with Crippen molar-refractivity contribution >= 4 is 34.7 Å². The summed E-state index contributed by atoms with van der Waals surface area (Å²) in [7, 11) is 1.64. The summed E-state index contributed by atoms with van der Waals surface area (Å²) in [6.45, 7) is 7.35. The monoisotopic (exact) mass is 494 g/mol. The van der Waals surface area contributed by atoms with Crippen molar-refractivity contribution < 1.29 is 9.26 Å². The molecule has 0 radical (unpaired) electrons. The molecule has 2 heterocycles. The molecular weight excluding hydrogens is 464 g/mol. The summed E-state index contributed by atoms with van der Waals surface area (Å²) in [6, 6.07) is 16.0. The summed E-state index contributed by atoms with van der Waals surface area (Å²) in [5.41, 5.74) is 3.91. The molecule has 1 unspecified atom stereocenters. The zero-order valence-electron chi connectivity index (χ0n) is 20.2. The first-order chi connectivity index (χ1) is 16.4. The fourth-order valence-electron chi connectivity index (χ4n) is 3.97. The third-order valence-electron chi connectivity index (χ3n) is 5.96. The third kappa shape index (κ3) is 5.13. The molecular formula is C26H30N4O2S2. The highest BCUT2D eigenvalue weighted by Gasteiger charge is 2.34. The Balaban J connectivity index is 1.77. The van der Waals surface area contributed by atoms with Crippen LogP contribution in [0.5, 0.6) is 5.75 Å². The summed E-state index contributed by atoms with van der Waals surface area (Å²) in [4.78, 5) is 8.14. The van der Waals surface area contributed by atoms with Crippen LogP contribution >= 0.6 is 24.0 Å². The molecule has 0 fully saturated rings. The third-order valence-corrected chi connectivity index (χ3v) is 7.04. The van der Waals surface area contributed by atoms with Gasteiger partial charge in [-0.15, -0.1) is 11.8 Å². The average molecular weight is 495 g/mol. The van der Waals surface area contributed by atoms with Crippen LogP contribution in [-0.4, -0.2) is 40.1 Å². The molecule has 0 aliphatic carbocycles. The summed E-state index contributed by atoms with van der Waals surface area (Å²) < 4.78 is 11.2. The van der Waals surface area contributed by atoms with Crippen molar-refractivity contribution in [2.75, 3.05) is 19.9 Å². The van der Waals surface area contributed by atoms with E-state index in [0.717, 1.165) is 41.1 Å². The molecule has 178 valence electrons. The average Bonchev–Trinajstić information content (AvgIpc) is 3.33. The molecule has 1 aliphatic rings. The van der Waals surface area contributed by atoms with Crippen LogP contribution in [0.4, 0.5) is 0 Å². The molecule has 0 saturated heterocycles. The van der Waals surface area contributed by atoms with E-state index in [0.29, 0.717) is 22.7 Å². The number of allylic oxidation sites excluding steroid dienone is 1. The van der Waals surface area contributed by atoms with Crippen LogP contribution in [0.2, 0.25) is 0 Å². The Morgan fingerprint density at radius 1 is 1.21 bits per heavy atom. The first-order valence-corrected chi connectivity index (χ1v) is 13.0. The summed E-state index contributed by atoms with van der Waals surface area (Å²) in [5, 5.41) is 8.54. The van der Waals surface area contributed by atoms with Crippen LogP contribution < -0.4 is 10.1 Å². The van der Waals surface area contributed by atoms with E-state index in [2.05, 4.69) is 66.7 Å². The molecule has 2 aromatic carbocycles. The molecule has 1 aliphatic heterocycles. The van der Waals surface area contributed by atoms with Gasteiger partial charge in [0.15, 0.2) is 5.11 Å². The van der Waals surface area contributed by atoms with Crippen LogP contribution in [0.25, 0.3) is 17.0 Å². The molecule has 0 bridgehead atoms. The van der Waals surface area contributed by atoms with Crippen LogP contribution in [-0.2, 0) is 0 Å². The van der Waals surface area contributed by atoms with E-state index in [-0.39, 0.29) is 6.04 Å². The SMILES string of the molecule is COc1cccc(-c2noc(C3=C(C)N(CCC(C)C)C(=S)NC3c3ccc(SC)cc3)n2)c1. The Bertz CT molecular complexity index is 1190. The molecule has 1 N–H and O–H groups in total. The number of thioether (sulfide) groups is 1. The molecule has 3 aromatic rings. The van der Waals surface area contributed by atoms with E-state index in [1.165, 1.54) is 4.90 Å². The molecule has 4 rings (SSSR count). The van der Waals surface area contributed by atoms with Gasteiger partial charge in [-0.05, 0) is 67.6 Å². The van der Waals surface area contributed by atoms with Crippen LogP contribution in [0.15, 0.2) is 63.6 Å². The number of rotatable bonds is 8. The second-order valence-electron chi connectivity index (χ2n) is 8.64. The summed E-state index contributed by atoms with van der Waals surface area (Å²) in [6.07, 6.45) is 3.10. The van der Waals surface area contributed by atoms with E-state index in [1.54, 1.807) is 18.9 Å². The highest BCUT2D eigenvalue weighted by atomic mass is 32.2. The standard InChI is InChI=1S/C26H30N4O2S2/c1-16(2)13-14-30-17(3)22(23(27-26(30)33)18-9-11-21(34-5)12-10-18)25-28-24(29-32-25)19-7-6-8-20(15-19)31-4/h6-12,15-16,23H,13-14H2,1-5H3,(H,27,33). The van der Waals surface area contributed by atoms with Crippen molar-refractivity contribution in [3.05, 3.63) is 65.7 Å². The maximum Gasteiger partial charge on any atom is 0.258 e.